The Morgan fingerprint density at radius 3 is 2.82 bits per heavy atom. The van der Waals surface area contributed by atoms with Crippen molar-refractivity contribution in [3.8, 4) is 0 Å². The summed E-state index contributed by atoms with van der Waals surface area (Å²) in [6.45, 7) is 1.86. The quantitative estimate of drug-likeness (QED) is 0.676. The highest BCUT2D eigenvalue weighted by Crippen LogP contribution is 2.32. The predicted octanol–water partition coefficient (Wildman–Crippen LogP) is 3.99. The highest BCUT2D eigenvalue weighted by Gasteiger charge is 2.26. The molecule has 0 aliphatic rings. The fraction of sp³-hybridized carbons (Fsp3) is 0.188. The van der Waals surface area contributed by atoms with Crippen molar-refractivity contribution in [2.24, 2.45) is 0 Å². The molecule has 0 saturated heterocycles. The van der Waals surface area contributed by atoms with E-state index in [0.717, 1.165) is 20.0 Å². The van der Waals surface area contributed by atoms with E-state index in [1.54, 1.807) is 18.3 Å². The van der Waals surface area contributed by atoms with E-state index in [2.05, 4.69) is 10.6 Å². The molecule has 3 N–H and O–H groups in total. The second-order valence-electron chi connectivity index (χ2n) is 5.21. The molecule has 0 saturated carbocycles. The van der Waals surface area contributed by atoms with Gasteiger partial charge in [0.25, 0.3) is 0 Å². The van der Waals surface area contributed by atoms with Crippen molar-refractivity contribution in [1.82, 2.24) is 5.32 Å². The van der Waals surface area contributed by atoms with Crippen LogP contribution in [0.4, 0.5) is 9.80 Å². The maximum atomic E-state index is 11.8. The summed E-state index contributed by atoms with van der Waals surface area (Å²) in [7, 11) is 0. The number of hydrogen-bond donors (Lipinski definition) is 3. The number of nitrogens with one attached hydrogen (secondary N) is 2. The van der Waals surface area contributed by atoms with Crippen LogP contribution in [0.5, 0.6) is 0 Å². The van der Waals surface area contributed by atoms with Crippen molar-refractivity contribution in [3.63, 3.8) is 0 Å². The normalized spacial score (nSPS) is 13.7. The molecule has 3 aromatic rings. The number of carbonyl (C=O) groups excluding carboxylic acids is 1. The minimum Gasteiger partial charge on any atom is -0.383 e. The Labute approximate surface area is 136 Å². The minimum atomic E-state index is -1.10. The summed E-state index contributed by atoms with van der Waals surface area (Å²) in [5, 5.41) is 19.9. The van der Waals surface area contributed by atoms with Gasteiger partial charge in [0.1, 0.15) is 5.60 Å². The second kappa shape index (κ2) is 6.08. The van der Waals surface area contributed by atoms with Crippen molar-refractivity contribution in [2.75, 3.05) is 11.9 Å². The van der Waals surface area contributed by atoms with E-state index >= 15 is 0 Å². The molecule has 3 rings (SSSR count). The van der Waals surface area contributed by atoms with E-state index in [1.807, 2.05) is 47.8 Å². The molecular formula is C16H16N2O2S2. The van der Waals surface area contributed by atoms with E-state index in [1.165, 1.54) is 11.3 Å². The highest BCUT2D eigenvalue weighted by atomic mass is 32.1. The molecule has 2 heterocycles. The Morgan fingerprint density at radius 1 is 1.27 bits per heavy atom. The Morgan fingerprint density at radius 2 is 2.09 bits per heavy atom. The van der Waals surface area contributed by atoms with Gasteiger partial charge in [-0.25, -0.2) is 4.79 Å². The molecule has 0 radical (unpaired) electrons. The van der Waals surface area contributed by atoms with Crippen LogP contribution in [0.3, 0.4) is 0 Å². The Balaban J connectivity index is 1.66. The number of rotatable bonds is 4. The Hall–Kier alpha value is -1.89. The van der Waals surface area contributed by atoms with Crippen LogP contribution in [0.1, 0.15) is 11.8 Å². The van der Waals surface area contributed by atoms with Gasteiger partial charge in [-0.3, -0.25) is 5.32 Å². The van der Waals surface area contributed by atoms with Gasteiger partial charge in [0.2, 0.25) is 0 Å². The smallest absolute Gasteiger partial charge is 0.319 e. The number of fused-ring (bicyclic) bond motifs is 1. The SMILES string of the molecule is C[C@](O)(CNC(=O)Nc1cccs1)c1cc2ccccc2s1. The number of urea groups is 1. The predicted molar refractivity (Wildman–Crippen MR) is 92.7 cm³/mol. The lowest BCUT2D eigenvalue weighted by molar-refractivity contribution is 0.0638. The minimum absolute atomic E-state index is 0.150. The number of anilines is 1. The van der Waals surface area contributed by atoms with Gasteiger partial charge in [-0.05, 0) is 42.0 Å². The number of benzene rings is 1. The molecular weight excluding hydrogens is 316 g/mol. The van der Waals surface area contributed by atoms with Gasteiger partial charge in [-0.15, -0.1) is 22.7 Å². The summed E-state index contributed by atoms with van der Waals surface area (Å²) in [5.74, 6) is 0. The van der Waals surface area contributed by atoms with Crippen LogP contribution in [-0.4, -0.2) is 17.7 Å². The number of hydrogen-bond acceptors (Lipinski definition) is 4. The van der Waals surface area contributed by atoms with Gasteiger partial charge in [0.15, 0.2) is 0 Å². The summed E-state index contributed by atoms with van der Waals surface area (Å²) in [6.07, 6.45) is 0. The first-order chi connectivity index (χ1) is 10.5. The molecule has 22 heavy (non-hydrogen) atoms. The van der Waals surface area contributed by atoms with E-state index in [9.17, 15) is 9.90 Å². The van der Waals surface area contributed by atoms with Crippen molar-refractivity contribution in [1.29, 1.82) is 0 Å². The van der Waals surface area contributed by atoms with Crippen molar-refractivity contribution in [2.45, 2.75) is 12.5 Å². The molecule has 0 bridgehead atoms. The van der Waals surface area contributed by atoms with Crippen LogP contribution in [0, 0.1) is 0 Å². The number of thiophene rings is 2. The van der Waals surface area contributed by atoms with E-state index in [0.29, 0.717) is 0 Å². The highest BCUT2D eigenvalue weighted by molar-refractivity contribution is 7.19. The van der Waals surface area contributed by atoms with Crippen LogP contribution in [-0.2, 0) is 5.60 Å². The van der Waals surface area contributed by atoms with Crippen molar-refractivity contribution >= 4 is 43.8 Å². The van der Waals surface area contributed by atoms with E-state index in [4.69, 9.17) is 0 Å². The first kappa shape index (κ1) is 15.0. The summed E-state index contributed by atoms with van der Waals surface area (Å²) in [4.78, 5) is 12.7. The van der Waals surface area contributed by atoms with Crippen LogP contribution in [0.15, 0.2) is 47.8 Å². The van der Waals surface area contributed by atoms with E-state index < -0.39 is 5.60 Å². The number of carbonyl (C=O) groups is 1. The standard InChI is InChI=1S/C16H16N2O2S2/c1-16(20,10-17-15(19)18-14-7-4-8-21-14)13-9-11-5-2-3-6-12(11)22-13/h2-9,20H,10H2,1H3,(H2,17,18,19)/t16-/m0/s1. The maximum Gasteiger partial charge on any atom is 0.319 e. The van der Waals surface area contributed by atoms with Crippen LogP contribution in [0.25, 0.3) is 10.1 Å². The van der Waals surface area contributed by atoms with Gasteiger partial charge in [0, 0.05) is 9.58 Å². The zero-order valence-corrected chi connectivity index (χ0v) is 13.6. The topological polar surface area (TPSA) is 61.4 Å². The Bertz CT molecular complexity index is 745. The lowest BCUT2D eigenvalue weighted by Gasteiger charge is -2.22. The fourth-order valence-corrected chi connectivity index (χ4v) is 3.81. The average molecular weight is 332 g/mol. The molecule has 0 unspecified atom stereocenters. The zero-order chi connectivity index (χ0) is 15.6. The third-order valence-corrected chi connectivity index (χ3v) is 5.46. The summed E-state index contributed by atoms with van der Waals surface area (Å²) in [6, 6.07) is 13.3. The van der Waals surface area contributed by atoms with Crippen molar-refractivity contribution in [3.05, 3.63) is 52.7 Å². The number of amides is 2. The molecule has 114 valence electrons. The molecule has 4 nitrogen and oxygen atoms in total. The third-order valence-electron chi connectivity index (χ3n) is 3.31. The molecule has 1 atom stereocenters. The molecule has 2 amide bonds. The molecule has 1 aromatic carbocycles. The second-order valence-corrected chi connectivity index (χ2v) is 7.24. The van der Waals surface area contributed by atoms with E-state index in [-0.39, 0.29) is 12.6 Å². The van der Waals surface area contributed by atoms with Crippen molar-refractivity contribution < 1.29 is 9.90 Å². The van der Waals surface area contributed by atoms with Crippen LogP contribution in [0.2, 0.25) is 0 Å². The Kier molecular flexibility index (Phi) is 4.15. The molecule has 0 aliphatic carbocycles. The molecule has 6 heteroatoms. The lowest BCUT2D eigenvalue weighted by Crippen LogP contribution is -2.40. The zero-order valence-electron chi connectivity index (χ0n) is 12.0. The monoisotopic (exact) mass is 332 g/mol. The molecule has 2 aromatic heterocycles. The summed E-state index contributed by atoms with van der Waals surface area (Å²) < 4.78 is 1.13. The largest absolute Gasteiger partial charge is 0.383 e. The third kappa shape index (κ3) is 3.30. The number of aliphatic hydroxyl groups is 1. The van der Waals surface area contributed by atoms with Gasteiger partial charge in [-0.2, -0.15) is 0 Å². The lowest BCUT2D eigenvalue weighted by atomic mass is 10.0. The fourth-order valence-electron chi connectivity index (χ4n) is 2.09. The molecule has 0 aliphatic heterocycles. The van der Waals surface area contributed by atoms with Crippen LogP contribution >= 0.6 is 22.7 Å². The van der Waals surface area contributed by atoms with Gasteiger partial charge in [-0.1, -0.05) is 18.2 Å². The molecule has 0 spiro atoms. The first-order valence-corrected chi connectivity index (χ1v) is 8.54. The average Bonchev–Trinajstić information content (AvgIpc) is 3.14. The van der Waals surface area contributed by atoms with Crippen LogP contribution < -0.4 is 10.6 Å². The summed E-state index contributed by atoms with van der Waals surface area (Å²) >= 11 is 2.99. The molecule has 0 fully saturated rings. The first-order valence-electron chi connectivity index (χ1n) is 6.84. The maximum absolute atomic E-state index is 11.8. The van der Waals surface area contributed by atoms with Gasteiger partial charge >= 0.3 is 6.03 Å². The van der Waals surface area contributed by atoms with Gasteiger partial charge in [0.05, 0.1) is 11.5 Å². The summed E-state index contributed by atoms with van der Waals surface area (Å²) in [5.41, 5.74) is -1.10. The van der Waals surface area contributed by atoms with Gasteiger partial charge < -0.3 is 10.4 Å².